The Balaban J connectivity index is 1.69. The molecule has 1 saturated heterocycles. The van der Waals surface area contributed by atoms with Crippen molar-refractivity contribution in [1.29, 1.82) is 0 Å². The Kier molecular flexibility index (Phi) is 5.10. The standard InChI is InChI=1S/C18H21NO3S/c20-12-15-11-19(10-14-7-9-23-17(14)18(21)22)8-6-16(15)13-4-2-1-3-5-13/h1-5,7,9,15-16,20H,6,8,10-12H2,(H,21,22)/t15-,16+/m0/s1. The molecule has 122 valence electrons. The average molecular weight is 331 g/mol. The zero-order valence-corrected chi connectivity index (χ0v) is 13.7. The van der Waals surface area contributed by atoms with Gasteiger partial charge in [-0.2, -0.15) is 0 Å². The second kappa shape index (κ2) is 7.25. The summed E-state index contributed by atoms with van der Waals surface area (Å²) in [6.07, 6.45) is 0.988. The lowest BCUT2D eigenvalue weighted by atomic mass is 9.81. The van der Waals surface area contributed by atoms with Crippen molar-refractivity contribution in [3.05, 3.63) is 57.8 Å². The first-order valence-electron chi connectivity index (χ1n) is 7.87. The third-order valence-electron chi connectivity index (χ3n) is 4.62. The second-order valence-electron chi connectivity index (χ2n) is 6.06. The summed E-state index contributed by atoms with van der Waals surface area (Å²) < 4.78 is 0. The van der Waals surface area contributed by atoms with Crippen molar-refractivity contribution in [2.45, 2.75) is 18.9 Å². The van der Waals surface area contributed by atoms with Gasteiger partial charge in [-0.1, -0.05) is 30.3 Å². The van der Waals surface area contributed by atoms with Gasteiger partial charge in [-0.25, -0.2) is 4.79 Å². The van der Waals surface area contributed by atoms with Crippen LogP contribution in [0.3, 0.4) is 0 Å². The fourth-order valence-electron chi connectivity index (χ4n) is 3.46. The quantitative estimate of drug-likeness (QED) is 0.884. The van der Waals surface area contributed by atoms with Crippen LogP contribution in [0.15, 0.2) is 41.8 Å². The number of hydrogen-bond acceptors (Lipinski definition) is 4. The number of carboxylic acid groups (broad SMARTS) is 1. The van der Waals surface area contributed by atoms with Crippen LogP contribution in [0.2, 0.25) is 0 Å². The number of likely N-dealkylation sites (tertiary alicyclic amines) is 1. The monoisotopic (exact) mass is 331 g/mol. The molecule has 0 aliphatic carbocycles. The molecule has 2 aromatic rings. The maximum atomic E-state index is 11.2. The largest absolute Gasteiger partial charge is 0.477 e. The van der Waals surface area contributed by atoms with Gasteiger partial charge in [0, 0.05) is 25.6 Å². The van der Waals surface area contributed by atoms with Gasteiger partial charge >= 0.3 is 5.97 Å². The van der Waals surface area contributed by atoms with E-state index in [0.717, 1.165) is 25.1 Å². The Hall–Kier alpha value is -1.69. The third-order valence-corrected chi connectivity index (χ3v) is 5.56. The highest BCUT2D eigenvalue weighted by Crippen LogP contribution is 2.33. The summed E-state index contributed by atoms with van der Waals surface area (Å²) in [6.45, 7) is 2.52. The van der Waals surface area contributed by atoms with Crippen LogP contribution >= 0.6 is 11.3 Å². The topological polar surface area (TPSA) is 60.8 Å². The number of aromatic carboxylic acids is 1. The van der Waals surface area contributed by atoms with Crippen LogP contribution in [0.25, 0.3) is 0 Å². The van der Waals surface area contributed by atoms with Gasteiger partial charge in [0.2, 0.25) is 0 Å². The van der Waals surface area contributed by atoms with Crippen molar-refractivity contribution >= 4 is 17.3 Å². The van der Waals surface area contributed by atoms with E-state index in [1.807, 2.05) is 29.6 Å². The van der Waals surface area contributed by atoms with Crippen LogP contribution < -0.4 is 0 Å². The molecule has 2 atom stereocenters. The van der Waals surface area contributed by atoms with E-state index < -0.39 is 5.97 Å². The number of piperidine rings is 1. The van der Waals surface area contributed by atoms with Crippen molar-refractivity contribution < 1.29 is 15.0 Å². The van der Waals surface area contributed by atoms with Crippen molar-refractivity contribution in [3.63, 3.8) is 0 Å². The predicted molar refractivity (Wildman–Crippen MR) is 90.9 cm³/mol. The molecule has 0 radical (unpaired) electrons. The number of aliphatic hydroxyl groups is 1. The van der Waals surface area contributed by atoms with E-state index in [2.05, 4.69) is 17.0 Å². The van der Waals surface area contributed by atoms with Gasteiger partial charge in [-0.05, 0) is 41.5 Å². The van der Waals surface area contributed by atoms with Gasteiger partial charge < -0.3 is 10.2 Å². The smallest absolute Gasteiger partial charge is 0.346 e. The molecule has 2 N–H and O–H groups in total. The minimum atomic E-state index is -0.854. The molecule has 3 rings (SSSR count). The summed E-state index contributed by atoms with van der Waals surface area (Å²) in [5, 5.41) is 20.8. The maximum absolute atomic E-state index is 11.2. The number of carbonyl (C=O) groups is 1. The SMILES string of the molecule is O=C(O)c1sccc1CN1CC[C@H](c2ccccc2)[C@H](CO)C1. The highest BCUT2D eigenvalue weighted by atomic mass is 32.1. The Morgan fingerprint density at radius 2 is 2.04 bits per heavy atom. The molecule has 0 amide bonds. The molecule has 0 spiro atoms. The Bertz CT molecular complexity index is 655. The molecule has 1 fully saturated rings. The van der Waals surface area contributed by atoms with Gasteiger partial charge in [0.05, 0.1) is 0 Å². The second-order valence-corrected chi connectivity index (χ2v) is 6.98. The van der Waals surface area contributed by atoms with Crippen molar-refractivity contribution in [2.24, 2.45) is 5.92 Å². The summed E-state index contributed by atoms with van der Waals surface area (Å²) in [5.41, 5.74) is 2.16. The van der Waals surface area contributed by atoms with E-state index in [1.54, 1.807) is 0 Å². The number of benzene rings is 1. The fraction of sp³-hybridized carbons (Fsp3) is 0.389. The highest BCUT2D eigenvalue weighted by molar-refractivity contribution is 7.12. The molecule has 23 heavy (non-hydrogen) atoms. The fourth-order valence-corrected chi connectivity index (χ4v) is 4.22. The van der Waals surface area contributed by atoms with E-state index in [-0.39, 0.29) is 12.5 Å². The number of hydrogen-bond donors (Lipinski definition) is 2. The third kappa shape index (κ3) is 3.63. The molecule has 2 heterocycles. The van der Waals surface area contributed by atoms with Gasteiger partial charge in [0.15, 0.2) is 0 Å². The lowest BCUT2D eigenvalue weighted by Crippen LogP contribution is -2.40. The molecular weight excluding hydrogens is 310 g/mol. The average Bonchev–Trinajstić information content (AvgIpc) is 3.04. The summed E-state index contributed by atoms with van der Waals surface area (Å²) in [4.78, 5) is 13.9. The van der Waals surface area contributed by atoms with E-state index >= 15 is 0 Å². The van der Waals surface area contributed by atoms with Crippen LogP contribution in [0.1, 0.15) is 33.1 Å². The molecule has 1 aromatic heterocycles. The van der Waals surface area contributed by atoms with Crippen LogP contribution in [-0.4, -0.2) is 40.8 Å². The molecule has 0 unspecified atom stereocenters. The number of carboxylic acids is 1. The normalized spacial score (nSPS) is 22.1. The van der Waals surface area contributed by atoms with Crippen molar-refractivity contribution in [3.8, 4) is 0 Å². The molecule has 5 heteroatoms. The van der Waals surface area contributed by atoms with Crippen molar-refractivity contribution in [2.75, 3.05) is 19.7 Å². The van der Waals surface area contributed by atoms with Gasteiger partial charge in [-0.15, -0.1) is 11.3 Å². The Morgan fingerprint density at radius 3 is 2.74 bits per heavy atom. The zero-order valence-electron chi connectivity index (χ0n) is 12.9. The minimum absolute atomic E-state index is 0.158. The molecule has 4 nitrogen and oxygen atoms in total. The predicted octanol–water partition coefficient (Wildman–Crippen LogP) is 3.04. The van der Waals surface area contributed by atoms with Gasteiger partial charge in [0.25, 0.3) is 0 Å². The molecular formula is C18H21NO3S. The minimum Gasteiger partial charge on any atom is -0.477 e. The van der Waals surface area contributed by atoms with Crippen molar-refractivity contribution in [1.82, 2.24) is 4.90 Å². The van der Waals surface area contributed by atoms with Crippen LogP contribution in [0.4, 0.5) is 0 Å². The molecule has 1 aliphatic heterocycles. The summed E-state index contributed by atoms with van der Waals surface area (Å²) in [7, 11) is 0. The number of rotatable bonds is 5. The Labute approximate surface area is 140 Å². The molecule has 1 aromatic carbocycles. The number of aliphatic hydroxyl groups excluding tert-OH is 1. The van der Waals surface area contributed by atoms with Crippen LogP contribution in [-0.2, 0) is 6.54 Å². The van der Waals surface area contributed by atoms with Crippen LogP contribution in [0, 0.1) is 5.92 Å². The maximum Gasteiger partial charge on any atom is 0.346 e. The van der Waals surface area contributed by atoms with E-state index in [9.17, 15) is 15.0 Å². The molecule has 0 bridgehead atoms. The van der Waals surface area contributed by atoms with Gasteiger partial charge in [0.1, 0.15) is 4.88 Å². The summed E-state index contributed by atoms with van der Waals surface area (Å²) >= 11 is 1.27. The number of nitrogens with zero attached hydrogens (tertiary/aromatic N) is 1. The first-order valence-corrected chi connectivity index (χ1v) is 8.75. The summed E-state index contributed by atoms with van der Waals surface area (Å²) in [5.74, 6) is -0.287. The van der Waals surface area contributed by atoms with E-state index in [4.69, 9.17) is 0 Å². The molecule has 0 saturated carbocycles. The summed E-state index contributed by atoms with van der Waals surface area (Å²) in [6, 6.07) is 12.2. The van der Waals surface area contributed by atoms with Gasteiger partial charge in [-0.3, -0.25) is 4.90 Å². The Morgan fingerprint density at radius 1 is 1.26 bits per heavy atom. The highest BCUT2D eigenvalue weighted by Gasteiger charge is 2.30. The zero-order chi connectivity index (χ0) is 16.2. The lowest BCUT2D eigenvalue weighted by molar-refractivity contribution is 0.0696. The first-order chi connectivity index (χ1) is 11.2. The van der Waals surface area contributed by atoms with E-state index in [1.165, 1.54) is 16.9 Å². The van der Waals surface area contributed by atoms with E-state index in [0.29, 0.717) is 17.3 Å². The number of thiophene rings is 1. The molecule has 1 aliphatic rings. The lowest BCUT2D eigenvalue weighted by Gasteiger charge is -2.38. The first kappa shape index (κ1) is 16.2. The van der Waals surface area contributed by atoms with Crippen LogP contribution in [0.5, 0.6) is 0 Å².